The highest BCUT2D eigenvalue weighted by Gasteiger charge is 2.32. The lowest BCUT2D eigenvalue weighted by atomic mass is 10.2. The van der Waals surface area contributed by atoms with Crippen molar-refractivity contribution in [1.29, 1.82) is 0 Å². The molecule has 3 rings (SSSR count). The Labute approximate surface area is 127 Å². The van der Waals surface area contributed by atoms with E-state index >= 15 is 0 Å². The van der Waals surface area contributed by atoms with Crippen LogP contribution in [0, 0.1) is 6.92 Å². The van der Waals surface area contributed by atoms with Crippen LogP contribution in [0.1, 0.15) is 5.69 Å². The van der Waals surface area contributed by atoms with Gasteiger partial charge in [0.15, 0.2) is 0 Å². The van der Waals surface area contributed by atoms with Gasteiger partial charge in [-0.1, -0.05) is 11.6 Å². The van der Waals surface area contributed by atoms with Crippen LogP contribution in [-0.2, 0) is 17.1 Å². The summed E-state index contributed by atoms with van der Waals surface area (Å²) in [7, 11) is -2.00. The second kappa shape index (κ2) is 4.92. The van der Waals surface area contributed by atoms with Crippen molar-refractivity contribution < 1.29 is 13.2 Å². The van der Waals surface area contributed by atoms with Crippen LogP contribution in [0.25, 0.3) is 0 Å². The van der Waals surface area contributed by atoms with Gasteiger partial charge in [0.2, 0.25) is 0 Å². The summed E-state index contributed by atoms with van der Waals surface area (Å²) < 4.78 is 34.0. The zero-order chi connectivity index (χ0) is 15.2. The Balaban J connectivity index is 2.14. The molecule has 0 bridgehead atoms. The standard InChI is InChI=1S/C13H14ClN3O3S/c1-9-13(8-16(2)15-9)21(18,19)17-5-6-20-12-4-3-10(14)7-11(12)17/h3-4,7-8H,5-6H2,1-2H3. The number of fused-ring (bicyclic) bond motifs is 1. The topological polar surface area (TPSA) is 64.4 Å². The number of anilines is 1. The van der Waals surface area contributed by atoms with Gasteiger partial charge in [-0.25, -0.2) is 8.42 Å². The zero-order valence-electron chi connectivity index (χ0n) is 11.6. The summed E-state index contributed by atoms with van der Waals surface area (Å²) in [6.45, 7) is 2.21. The third kappa shape index (κ3) is 2.36. The molecule has 0 amide bonds. The van der Waals surface area contributed by atoms with Crippen LogP contribution in [0.4, 0.5) is 5.69 Å². The largest absolute Gasteiger partial charge is 0.489 e. The van der Waals surface area contributed by atoms with E-state index in [9.17, 15) is 8.42 Å². The molecule has 1 aliphatic heterocycles. The van der Waals surface area contributed by atoms with E-state index in [0.717, 1.165) is 0 Å². The lowest BCUT2D eigenvalue weighted by Gasteiger charge is -2.30. The summed E-state index contributed by atoms with van der Waals surface area (Å²) in [5.41, 5.74) is 0.921. The number of ether oxygens (including phenoxy) is 1. The number of aromatic nitrogens is 2. The Kier molecular flexibility index (Phi) is 3.33. The highest BCUT2D eigenvalue weighted by molar-refractivity contribution is 7.92. The zero-order valence-corrected chi connectivity index (χ0v) is 13.1. The first-order valence-corrected chi connectivity index (χ1v) is 8.17. The van der Waals surface area contributed by atoms with Crippen molar-refractivity contribution in [2.75, 3.05) is 17.5 Å². The third-order valence-corrected chi connectivity index (χ3v) is 5.43. The molecule has 0 radical (unpaired) electrons. The average molecular weight is 328 g/mol. The van der Waals surface area contributed by atoms with E-state index in [4.69, 9.17) is 16.3 Å². The molecule has 2 heterocycles. The molecule has 1 aromatic carbocycles. The number of hydrogen-bond donors (Lipinski definition) is 0. The molecule has 6 nitrogen and oxygen atoms in total. The van der Waals surface area contributed by atoms with Gasteiger partial charge in [0.05, 0.1) is 17.9 Å². The maximum absolute atomic E-state index is 12.9. The molecule has 112 valence electrons. The number of sulfonamides is 1. The lowest BCUT2D eigenvalue weighted by Crippen LogP contribution is -2.38. The molecule has 0 atom stereocenters. The van der Waals surface area contributed by atoms with Crippen molar-refractivity contribution >= 4 is 27.3 Å². The molecule has 1 aromatic heterocycles. The minimum Gasteiger partial charge on any atom is -0.489 e. The Bertz CT molecular complexity index is 801. The fourth-order valence-electron chi connectivity index (χ4n) is 2.37. The van der Waals surface area contributed by atoms with Crippen LogP contribution in [0.15, 0.2) is 29.3 Å². The van der Waals surface area contributed by atoms with Crippen molar-refractivity contribution in [1.82, 2.24) is 9.78 Å². The number of rotatable bonds is 2. The summed E-state index contributed by atoms with van der Waals surface area (Å²) in [4.78, 5) is 0.192. The molecule has 0 spiro atoms. The van der Waals surface area contributed by atoms with Gasteiger partial charge in [-0.15, -0.1) is 0 Å². The number of halogens is 1. The smallest absolute Gasteiger partial charge is 0.267 e. The molecule has 0 saturated carbocycles. The highest BCUT2D eigenvalue weighted by atomic mass is 35.5. The van der Waals surface area contributed by atoms with Gasteiger partial charge < -0.3 is 4.74 Å². The summed E-state index contributed by atoms with van der Waals surface area (Å²) in [6.07, 6.45) is 1.50. The van der Waals surface area contributed by atoms with Gasteiger partial charge in [-0.05, 0) is 25.1 Å². The van der Waals surface area contributed by atoms with E-state index in [-0.39, 0.29) is 11.4 Å². The quantitative estimate of drug-likeness (QED) is 0.846. The van der Waals surface area contributed by atoms with Gasteiger partial charge in [0, 0.05) is 18.3 Å². The number of hydrogen-bond acceptors (Lipinski definition) is 4. The van der Waals surface area contributed by atoms with Crippen LogP contribution in [0.3, 0.4) is 0 Å². The van der Waals surface area contributed by atoms with Gasteiger partial charge in [-0.3, -0.25) is 8.99 Å². The van der Waals surface area contributed by atoms with E-state index in [2.05, 4.69) is 5.10 Å². The second-order valence-electron chi connectivity index (χ2n) is 4.79. The molecule has 0 saturated heterocycles. The monoisotopic (exact) mass is 327 g/mol. The minimum absolute atomic E-state index is 0.192. The Hall–Kier alpha value is -1.73. The van der Waals surface area contributed by atoms with Gasteiger partial charge >= 0.3 is 0 Å². The van der Waals surface area contributed by atoms with Crippen LogP contribution >= 0.6 is 11.6 Å². The van der Waals surface area contributed by atoms with Gasteiger partial charge in [0.25, 0.3) is 10.0 Å². The lowest BCUT2D eigenvalue weighted by molar-refractivity contribution is 0.316. The predicted molar refractivity (Wildman–Crippen MR) is 79.4 cm³/mol. The molecule has 1 aliphatic rings. The van der Waals surface area contributed by atoms with Crippen molar-refractivity contribution in [2.45, 2.75) is 11.8 Å². The molecular weight excluding hydrogens is 314 g/mol. The molecular formula is C13H14ClN3O3S. The van der Waals surface area contributed by atoms with Crippen LogP contribution in [-0.4, -0.2) is 31.3 Å². The molecule has 21 heavy (non-hydrogen) atoms. The van der Waals surface area contributed by atoms with E-state index in [1.807, 2.05) is 0 Å². The summed E-state index contributed by atoms with van der Waals surface area (Å²) in [5.74, 6) is 0.510. The van der Waals surface area contributed by atoms with Gasteiger partial charge in [0.1, 0.15) is 17.3 Å². The average Bonchev–Trinajstić information content (AvgIpc) is 2.77. The van der Waals surface area contributed by atoms with Crippen LogP contribution in [0.5, 0.6) is 5.75 Å². The molecule has 0 unspecified atom stereocenters. The first kappa shape index (κ1) is 14.2. The first-order chi connectivity index (χ1) is 9.89. The van der Waals surface area contributed by atoms with Crippen molar-refractivity contribution in [3.05, 3.63) is 35.1 Å². The Morgan fingerprint density at radius 3 is 2.81 bits per heavy atom. The Morgan fingerprint density at radius 2 is 2.14 bits per heavy atom. The molecule has 8 heteroatoms. The van der Waals surface area contributed by atoms with E-state index in [1.165, 1.54) is 15.2 Å². The fraction of sp³-hybridized carbons (Fsp3) is 0.308. The van der Waals surface area contributed by atoms with Crippen molar-refractivity contribution in [3.8, 4) is 5.75 Å². The van der Waals surface area contributed by atoms with Gasteiger partial charge in [-0.2, -0.15) is 5.10 Å². The minimum atomic E-state index is -3.69. The second-order valence-corrected chi connectivity index (χ2v) is 7.06. The van der Waals surface area contributed by atoms with Crippen LogP contribution < -0.4 is 9.04 Å². The van der Waals surface area contributed by atoms with Crippen molar-refractivity contribution in [2.24, 2.45) is 7.05 Å². The van der Waals surface area contributed by atoms with E-state index in [1.54, 1.807) is 32.2 Å². The third-order valence-electron chi connectivity index (χ3n) is 3.28. The molecule has 2 aromatic rings. The fourth-order valence-corrected chi connectivity index (χ4v) is 4.19. The molecule has 0 N–H and O–H groups in total. The predicted octanol–water partition coefficient (Wildman–Crippen LogP) is 1.97. The van der Waals surface area contributed by atoms with E-state index in [0.29, 0.717) is 28.8 Å². The number of benzene rings is 1. The molecule has 0 fully saturated rings. The summed E-state index contributed by atoms with van der Waals surface area (Å²) >= 11 is 5.98. The summed E-state index contributed by atoms with van der Waals surface area (Å²) in [5, 5.41) is 4.56. The maximum atomic E-state index is 12.9. The highest BCUT2D eigenvalue weighted by Crippen LogP contribution is 2.37. The van der Waals surface area contributed by atoms with E-state index < -0.39 is 10.0 Å². The SMILES string of the molecule is Cc1nn(C)cc1S(=O)(=O)N1CCOc2ccc(Cl)cc21. The van der Waals surface area contributed by atoms with Crippen molar-refractivity contribution in [3.63, 3.8) is 0 Å². The summed E-state index contributed by atoms with van der Waals surface area (Å²) in [6, 6.07) is 4.95. The molecule has 0 aliphatic carbocycles. The van der Waals surface area contributed by atoms with Crippen LogP contribution in [0.2, 0.25) is 5.02 Å². The first-order valence-electron chi connectivity index (χ1n) is 6.35. The maximum Gasteiger partial charge on any atom is 0.267 e. The number of nitrogens with zero attached hydrogens (tertiary/aromatic N) is 3. The normalized spacial score (nSPS) is 14.7. The Morgan fingerprint density at radius 1 is 1.38 bits per heavy atom. The number of aryl methyl sites for hydroxylation is 2.